The van der Waals surface area contributed by atoms with Crippen LogP contribution in [0.15, 0.2) is 34.9 Å². The van der Waals surface area contributed by atoms with E-state index in [4.69, 9.17) is 10.3 Å². The highest BCUT2D eigenvalue weighted by Crippen LogP contribution is 2.26. The number of aromatic nitrogens is 4. The van der Waals surface area contributed by atoms with Crippen molar-refractivity contribution in [3.8, 4) is 0 Å². The van der Waals surface area contributed by atoms with Crippen LogP contribution < -0.4 is 5.73 Å². The summed E-state index contributed by atoms with van der Waals surface area (Å²) in [4.78, 5) is 31.3. The van der Waals surface area contributed by atoms with Crippen LogP contribution in [0.5, 0.6) is 0 Å². The molecule has 170 valence electrons. The first-order chi connectivity index (χ1) is 15.9. The quantitative estimate of drug-likeness (QED) is 0.510. The lowest BCUT2D eigenvalue weighted by atomic mass is 10.0. The van der Waals surface area contributed by atoms with E-state index in [0.717, 1.165) is 29.7 Å². The van der Waals surface area contributed by atoms with Crippen LogP contribution in [0.4, 0.5) is 5.82 Å². The standard InChI is InChI=1S/C24H27N7O2/c1-14(2)19-12-17(21-15(3)29-33-23(21)27-19)24(32)31-10-8-30(9-11-31)13-20-26-18-7-5-4-6-16(18)22(25)28-20/h4-7,12,14H,8-11,13H2,1-3H3,(H2,25,26,28). The largest absolute Gasteiger partial charge is 0.383 e. The number of rotatable bonds is 4. The third-order valence-corrected chi connectivity index (χ3v) is 6.16. The van der Waals surface area contributed by atoms with Gasteiger partial charge in [-0.2, -0.15) is 0 Å². The summed E-state index contributed by atoms with van der Waals surface area (Å²) in [6, 6.07) is 9.64. The van der Waals surface area contributed by atoms with E-state index in [0.29, 0.717) is 53.6 Å². The molecule has 0 unspecified atom stereocenters. The average molecular weight is 446 g/mol. The van der Waals surface area contributed by atoms with E-state index in [-0.39, 0.29) is 11.8 Å². The molecule has 2 N–H and O–H groups in total. The molecular weight excluding hydrogens is 418 g/mol. The number of para-hydroxylation sites is 1. The number of fused-ring (bicyclic) bond motifs is 2. The van der Waals surface area contributed by atoms with Gasteiger partial charge in [-0.15, -0.1) is 0 Å². The van der Waals surface area contributed by atoms with Gasteiger partial charge >= 0.3 is 0 Å². The summed E-state index contributed by atoms with van der Waals surface area (Å²) in [5, 5.41) is 5.60. The molecule has 0 aliphatic carbocycles. The van der Waals surface area contributed by atoms with Crippen LogP contribution in [0.25, 0.3) is 22.0 Å². The molecule has 0 saturated carbocycles. The Morgan fingerprint density at radius 1 is 1.12 bits per heavy atom. The zero-order valence-electron chi connectivity index (χ0n) is 19.1. The van der Waals surface area contributed by atoms with E-state index < -0.39 is 0 Å². The number of hydrogen-bond acceptors (Lipinski definition) is 8. The van der Waals surface area contributed by atoms with Crippen molar-refractivity contribution in [2.45, 2.75) is 33.2 Å². The Bertz CT molecular complexity index is 1340. The minimum Gasteiger partial charge on any atom is -0.383 e. The third-order valence-electron chi connectivity index (χ3n) is 6.16. The van der Waals surface area contributed by atoms with Gasteiger partial charge in [0.2, 0.25) is 0 Å². The number of amides is 1. The van der Waals surface area contributed by atoms with E-state index in [1.807, 2.05) is 56.0 Å². The summed E-state index contributed by atoms with van der Waals surface area (Å²) >= 11 is 0. The van der Waals surface area contributed by atoms with Gasteiger partial charge in [0.05, 0.1) is 28.7 Å². The molecule has 0 spiro atoms. The molecule has 1 aliphatic heterocycles. The van der Waals surface area contributed by atoms with Crippen LogP contribution in [0.2, 0.25) is 0 Å². The molecule has 0 bridgehead atoms. The number of benzene rings is 1. The van der Waals surface area contributed by atoms with Gasteiger partial charge in [-0.1, -0.05) is 31.1 Å². The number of nitrogens with zero attached hydrogens (tertiary/aromatic N) is 6. The fraction of sp³-hybridized carbons (Fsp3) is 0.375. The molecule has 0 radical (unpaired) electrons. The SMILES string of the molecule is Cc1noc2nc(C(C)C)cc(C(=O)N3CCN(Cc4nc(N)c5ccccc5n4)CC3)c12. The van der Waals surface area contributed by atoms with Crippen molar-refractivity contribution in [1.82, 2.24) is 29.9 Å². The minimum absolute atomic E-state index is 0.0125. The number of carbonyl (C=O) groups excluding carboxylic acids is 1. The highest BCUT2D eigenvalue weighted by atomic mass is 16.5. The van der Waals surface area contributed by atoms with Crippen molar-refractivity contribution < 1.29 is 9.32 Å². The molecule has 9 heteroatoms. The molecule has 4 aromatic rings. The Balaban J connectivity index is 1.32. The lowest BCUT2D eigenvalue weighted by Gasteiger charge is -2.34. The van der Waals surface area contributed by atoms with Gasteiger partial charge < -0.3 is 15.2 Å². The molecule has 5 rings (SSSR count). The van der Waals surface area contributed by atoms with E-state index in [2.05, 4.69) is 25.0 Å². The number of piperazine rings is 1. The van der Waals surface area contributed by atoms with Crippen LogP contribution in [-0.4, -0.2) is 62.0 Å². The van der Waals surface area contributed by atoms with Crippen LogP contribution in [0.3, 0.4) is 0 Å². The molecule has 3 aromatic heterocycles. The highest BCUT2D eigenvalue weighted by Gasteiger charge is 2.27. The van der Waals surface area contributed by atoms with Gasteiger partial charge in [0, 0.05) is 37.3 Å². The van der Waals surface area contributed by atoms with Crippen LogP contribution in [0.1, 0.15) is 47.3 Å². The number of pyridine rings is 1. The van der Waals surface area contributed by atoms with Gasteiger partial charge in [-0.05, 0) is 31.0 Å². The summed E-state index contributed by atoms with van der Waals surface area (Å²) in [5.74, 6) is 1.36. The monoisotopic (exact) mass is 445 g/mol. The summed E-state index contributed by atoms with van der Waals surface area (Å²) in [7, 11) is 0. The lowest BCUT2D eigenvalue weighted by Crippen LogP contribution is -2.48. The summed E-state index contributed by atoms with van der Waals surface area (Å²) < 4.78 is 5.38. The Morgan fingerprint density at radius 3 is 2.64 bits per heavy atom. The van der Waals surface area contributed by atoms with Crippen molar-refractivity contribution in [3.63, 3.8) is 0 Å². The number of nitrogen functional groups attached to an aromatic ring is 1. The number of aryl methyl sites for hydroxylation is 1. The molecule has 1 aliphatic rings. The van der Waals surface area contributed by atoms with E-state index in [1.165, 1.54) is 0 Å². The van der Waals surface area contributed by atoms with Crippen LogP contribution >= 0.6 is 0 Å². The van der Waals surface area contributed by atoms with E-state index in [1.54, 1.807) is 0 Å². The van der Waals surface area contributed by atoms with Crippen molar-refractivity contribution >= 4 is 33.7 Å². The second-order valence-electron chi connectivity index (χ2n) is 8.81. The first kappa shape index (κ1) is 21.3. The normalized spacial score (nSPS) is 15.1. The minimum atomic E-state index is -0.0125. The third kappa shape index (κ3) is 4.00. The molecule has 33 heavy (non-hydrogen) atoms. The first-order valence-electron chi connectivity index (χ1n) is 11.2. The van der Waals surface area contributed by atoms with Gasteiger partial charge in [-0.25, -0.2) is 15.0 Å². The van der Waals surface area contributed by atoms with Gasteiger partial charge in [0.25, 0.3) is 11.6 Å². The summed E-state index contributed by atoms with van der Waals surface area (Å²) in [6.07, 6.45) is 0. The predicted octanol–water partition coefficient (Wildman–Crippen LogP) is 3.14. The summed E-state index contributed by atoms with van der Waals surface area (Å²) in [5.41, 5.74) is 9.52. The molecule has 1 saturated heterocycles. The van der Waals surface area contributed by atoms with Crippen molar-refractivity contribution in [2.24, 2.45) is 0 Å². The molecule has 1 fully saturated rings. The Morgan fingerprint density at radius 2 is 1.88 bits per heavy atom. The second-order valence-corrected chi connectivity index (χ2v) is 8.81. The smallest absolute Gasteiger partial charge is 0.259 e. The molecule has 0 atom stereocenters. The number of carbonyl (C=O) groups is 1. The van der Waals surface area contributed by atoms with E-state index in [9.17, 15) is 4.79 Å². The van der Waals surface area contributed by atoms with Gasteiger partial charge in [0.15, 0.2) is 0 Å². The van der Waals surface area contributed by atoms with Crippen molar-refractivity contribution in [3.05, 3.63) is 53.1 Å². The number of anilines is 1. The fourth-order valence-electron chi connectivity index (χ4n) is 4.28. The number of hydrogen-bond donors (Lipinski definition) is 1. The highest BCUT2D eigenvalue weighted by molar-refractivity contribution is 6.06. The Hall–Kier alpha value is -3.59. The van der Waals surface area contributed by atoms with Crippen LogP contribution in [-0.2, 0) is 6.54 Å². The van der Waals surface area contributed by atoms with Crippen molar-refractivity contribution in [1.29, 1.82) is 0 Å². The zero-order chi connectivity index (χ0) is 23.1. The zero-order valence-corrected chi connectivity index (χ0v) is 19.1. The molecule has 1 amide bonds. The summed E-state index contributed by atoms with van der Waals surface area (Å²) in [6.45, 7) is 9.23. The molecule has 4 heterocycles. The first-order valence-corrected chi connectivity index (χ1v) is 11.2. The Kier molecular flexibility index (Phi) is 5.41. The van der Waals surface area contributed by atoms with Gasteiger partial charge in [0.1, 0.15) is 11.6 Å². The van der Waals surface area contributed by atoms with Crippen LogP contribution in [0, 0.1) is 6.92 Å². The maximum Gasteiger partial charge on any atom is 0.259 e. The second kappa shape index (κ2) is 8.40. The maximum absolute atomic E-state index is 13.5. The Labute approximate surface area is 191 Å². The van der Waals surface area contributed by atoms with E-state index >= 15 is 0 Å². The molecule has 1 aromatic carbocycles. The average Bonchev–Trinajstić information content (AvgIpc) is 3.19. The molecular formula is C24H27N7O2. The molecule has 9 nitrogen and oxygen atoms in total. The number of nitrogens with two attached hydrogens (primary N) is 1. The topological polar surface area (TPSA) is 114 Å². The maximum atomic E-state index is 13.5. The van der Waals surface area contributed by atoms with Crippen molar-refractivity contribution in [2.75, 3.05) is 31.9 Å². The lowest BCUT2D eigenvalue weighted by molar-refractivity contribution is 0.0627. The fourth-order valence-corrected chi connectivity index (χ4v) is 4.28. The van der Waals surface area contributed by atoms with Gasteiger partial charge in [-0.3, -0.25) is 9.69 Å². The predicted molar refractivity (Wildman–Crippen MR) is 126 cm³/mol.